The number of benzene rings is 1. The number of methoxy groups -OCH3 is 2. The molecule has 5 heteroatoms. The van der Waals surface area contributed by atoms with Gasteiger partial charge in [0.05, 0.1) is 14.2 Å². The molecule has 1 aromatic heterocycles. The zero-order chi connectivity index (χ0) is 14.7. The van der Waals surface area contributed by atoms with Crippen molar-refractivity contribution in [1.29, 1.82) is 0 Å². The van der Waals surface area contributed by atoms with Crippen LogP contribution in [0.3, 0.4) is 0 Å². The van der Waals surface area contributed by atoms with Crippen LogP contribution in [0.25, 0.3) is 0 Å². The highest BCUT2D eigenvalue weighted by molar-refractivity contribution is 9.10. The van der Waals surface area contributed by atoms with Gasteiger partial charge in [0.25, 0.3) is 0 Å². The van der Waals surface area contributed by atoms with Crippen molar-refractivity contribution in [3.8, 4) is 11.5 Å². The van der Waals surface area contributed by atoms with E-state index in [0.717, 1.165) is 51.6 Å². The molecule has 0 aliphatic heterocycles. The fourth-order valence-corrected chi connectivity index (χ4v) is 2.81. The standard InChI is InChI=1S/C15H19BrN2O2/c1-9-7-14(20-4)11(8-13(9)19-3)5-6-12-15(16)18-10(2)17-12/h7-8H,5-6H2,1-4H3,(H,17,18). The number of nitrogens with zero attached hydrogens (tertiary/aromatic N) is 1. The molecule has 0 unspecified atom stereocenters. The maximum atomic E-state index is 5.46. The molecule has 2 aromatic rings. The van der Waals surface area contributed by atoms with E-state index in [1.54, 1.807) is 14.2 Å². The van der Waals surface area contributed by atoms with Crippen LogP contribution in [0.15, 0.2) is 16.7 Å². The molecule has 0 saturated heterocycles. The van der Waals surface area contributed by atoms with E-state index in [9.17, 15) is 0 Å². The van der Waals surface area contributed by atoms with Gasteiger partial charge in [0.1, 0.15) is 21.9 Å². The SMILES string of the molecule is COc1cc(CCc2[nH]c(C)nc2Br)c(OC)cc1C. The predicted molar refractivity (Wildman–Crippen MR) is 82.7 cm³/mol. The summed E-state index contributed by atoms with van der Waals surface area (Å²) in [5.74, 6) is 2.71. The molecule has 1 N–H and O–H groups in total. The number of aromatic nitrogens is 2. The lowest BCUT2D eigenvalue weighted by atomic mass is 10.0. The fourth-order valence-electron chi connectivity index (χ4n) is 2.25. The van der Waals surface area contributed by atoms with Crippen molar-refractivity contribution in [3.63, 3.8) is 0 Å². The molecule has 0 aliphatic carbocycles. The molecular formula is C15H19BrN2O2. The first-order chi connectivity index (χ1) is 9.55. The summed E-state index contributed by atoms with van der Waals surface area (Å²) in [6.07, 6.45) is 1.73. The summed E-state index contributed by atoms with van der Waals surface area (Å²) in [5.41, 5.74) is 3.31. The van der Waals surface area contributed by atoms with Crippen LogP contribution in [0.4, 0.5) is 0 Å². The van der Waals surface area contributed by atoms with Gasteiger partial charge in [-0.3, -0.25) is 0 Å². The highest BCUT2D eigenvalue weighted by Gasteiger charge is 2.11. The molecule has 0 atom stereocenters. The smallest absolute Gasteiger partial charge is 0.127 e. The van der Waals surface area contributed by atoms with Gasteiger partial charge in [0, 0.05) is 5.69 Å². The molecular weight excluding hydrogens is 320 g/mol. The summed E-state index contributed by atoms with van der Waals surface area (Å²) >= 11 is 3.47. The van der Waals surface area contributed by atoms with Gasteiger partial charge in [-0.25, -0.2) is 4.98 Å². The maximum Gasteiger partial charge on any atom is 0.127 e. The molecule has 1 aromatic carbocycles. The molecule has 0 bridgehead atoms. The molecule has 0 radical (unpaired) electrons. The Kier molecular flexibility index (Phi) is 4.70. The normalized spacial score (nSPS) is 10.7. The van der Waals surface area contributed by atoms with Crippen LogP contribution >= 0.6 is 15.9 Å². The minimum absolute atomic E-state index is 0.861. The second-order valence-corrected chi connectivity index (χ2v) is 5.48. The van der Waals surface area contributed by atoms with Gasteiger partial charge in [-0.05, 0) is 65.9 Å². The Bertz CT molecular complexity index is 608. The average molecular weight is 339 g/mol. The van der Waals surface area contributed by atoms with Crippen molar-refractivity contribution >= 4 is 15.9 Å². The fraction of sp³-hybridized carbons (Fsp3) is 0.400. The van der Waals surface area contributed by atoms with E-state index in [2.05, 4.69) is 25.9 Å². The van der Waals surface area contributed by atoms with Crippen LogP contribution in [-0.2, 0) is 12.8 Å². The number of hydrogen-bond acceptors (Lipinski definition) is 3. The van der Waals surface area contributed by atoms with Crippen molar-refractivity contribution in [3.05, 3.63) is 39.4 Å². The first-order valence-corrected chi connectivity index (χ1v) is 7.27. The lowest BCUT2D eigenvalue weighted by Crippen LogP contribution is -1.99. The van der Waals surface area contributed by atoms with Gasteiger partial charge in [0.2, 0.25) is 0 Å². The number of nitrogens with one attached hydrogen (secondary N) is 1. The van der Waals surface area contributed by atoms with E-state index in [1.165, 1.54) is 0 Å². The number of ether oxygens (including phenoxy) is 2. The highest BCUT2D eigenvalue weighted by atomic mass is 79.9. The highest BCUT2D eigenvalue weighted by Crippen LogP contribution is 2.29. The summed E-state index contributed by atoms with van der Waals surface area (Å²) in [6, 6.07) is 4.06. The van der Waals surface area contributed by atoms with Gasteiger partial charge >= 0.3 is 0 Å². The lowest BCUT2D eigenvalue weighted by Gasteiger charge is -2.12. The van der Waals surface area contributed by atoms with Crippen LogP contribution in [0.5, 0.6) is 11.5 Å². The minimum Gasteiger partial charge on any atom is -0.496 e. The number of rotatable bonds is 5. The largest absolute Gasteiger partial charge is 0.496 e. The Morgan fingerprint density at radius 1 is 1.10 bits per heavy atom. The van der Waals surface area contributed by atoms with Gasteiger partial charge in [-0.1, -0.05) is 0 Å². The quantitative estimate of drug-likeness (QED) is 0.906. The molecule has 0 amide bonds. The number of aromatic amines is 1. The summed E-state index contributed by atoms with van der Waals surface area (Å²) in [6.45, 7) is 3.96. The van der Waals surface area contributed by atoms with E-state index < -0.39 is 0 Å². The number of hydrogen-bond donors (Lipinski definition) is 1. The van der Waals surface area contributed by atoms with E-state index >= 15 is 0 Å². The number of H-pyrrole nitrogens is 1. The van der Waals surface area contributed by atoms with Crippen molar-refractivity contribution in [1.82, 2.24) is 9.97 Å². The first kappa shape index (κ1) is 14.9. The lowest BCUT2D eigenvalue weighted by molar-refractivity contribution is 0.396. The molecule has 2 rings (SSSR count). The molecule has 0 saturated carbocycles. The monoisotopic (exact) mass is 338 g/mol. The van der Waals surface area contributed by atoms with Crippen molar-refractivity contribution in [2.24, 2.45) is 0 Å². The van der Waals surface area contributed by atoms with E-state index in [-0.39, 0.29) is 0 Å². The van der Waals surface area contributed by atoms with Crippen LogP contribution in [0.1, 0.15) is 22.6 Å². The zero-order valence-corrected chi connectivity index (χ0v) is 13.8. The predicted octanol–water partition coefficient (Wildman–Crippen LogP) is 3.59. The Balaban J connectivity index is 2.22. The molecule has 0 fully saturated rings. The Morgan fingerprint density at radius 2 is 1.80 bits per heavy atom. The molecule has 108 valence electrons. The zero-order valence-electron chi connectivity index (χ0n) is 12.2. The summed E-state index contributed by atoms with van der Waals surface area (Å²) in [7, 11) is 3.38. The molecule has 20 heavy (non-hydrogen) atoms. The summed E-state index contributed by atoms with van der Waals surface area (Å²) in [4.78, 5) is 7.58. The second kappa shape index (κ2) is 6.31. The number of halogens is 1. The number of imidazole rings is 1. The second-order valence-electron chi connectivity index (χ2n) is 4.73. The third kappa shape index (κ3) is 3.15. The van der Waals surface area contributed by atoms with Gasteiger partial charge < -0.3 is 14.5 Å². The third-order valence-electron chi connectivity index (χ3n) is 3.29. The maximum absolute atomic E-state index is 5.46. The van der Waals surface area contributed by atoms with Crippen molar-refractivity contribution in [2.75, 3.05) is 14.2 Å². The molecule has 4 nitrogen and oxygen atoms in total. The average Bonchev–Trinajstić information content (AvgIpc) is 2.75. The van der Waals surface area contributed by atoms with Crippen LogP contribution < -0.4 is 9.47 Å². The Labute approximate surface area is 127 Å². The number of aryl methyl sites for hydroxylation is 4. The van der Waals surface area contributed by atoms with Gasteiger partial charge in [0.15, 0.2) is 0 Å². The minimum atomic E-state index is 0.861. The van der Waals surface area contributed by atoms with Crippen molar-refractivity contribution < 1.29 is 9.47 Å². The van der Waals surface area contributed by atoms with Crippen molar-refractivity contribution in [2.45, 2.75) is 26.7 Å². The van der Waals surface area contributed by atoms with E-state index in [0.29, 0.717) is 0 Å². The van der Waals surface area contributed by atoms with E-state index in [1.807, 2.05) is 26.0 Å². The first-order valence-electron chi connectivity index (χ1n) is 6.47. The Morgan fingerprint density at radius 3 is 2.35 bits per heavy atom. The topological polar surface area (TPSA) is 47.1 Å². The van der Waals surface area contributed by atoms with Crippen LogP contribution in [0, 0.1) is 13.8 Å². The van der Waals surface area contributed by atoms with Crippen LogP contribution in [0.2, 0.25) is 0 Å². The molecule has 1 heterocycles. The summed E-state index contributed by atoms with van der Waals surface area (Å²) in [5, 5.41) is 0. The Hall–Kier alpha value is -1.49. The third-order valence-corrected chi connectivity index (χ3v) is 3.94. The van der Waals surface area contributed by atoms with Gasteiger partial charge in [-0.2, -0.15) is 0 Å². The van der Waals surface area contributed by atoms with Crippen LogP contribution in [-0.4, -0.2) is 24.2 Å². The van der Waals surface area contributed by atoms with Gasteiger partial charge in [-0.15, -0.1) is 0 Å². The van der Waals surface area contributed by atoms with E-state index in [4.69, 9.17) is 9.47 Å². The molecule has 0 aliphatic rings. The molecule has 0 spiro atoms. The summed E-state index contributed by atoms with van der Waals surface area (Å²) < 4.78 is 11.7.